The number of halogens is 1. The van der Waals surface area contributed by atoms with Gasteiger partial charge in [0.2, 0.25) is 0 Å². The molecule has 0 spiro atoms. The third-order valence-corrected chi connectivity index (χ3v) is 4.53. The second-order valence-electron chi connectivity index (χ2n) is 6.47. The number of likely N-dealkylation sites (tertiary alicyclic amines) is 1. The molecule has 0 aromatic heterocycles. The molecule has 6 nitrogen and oxygen atoms in total. The van der Waals surface area contributed by atoms with E-state index in [1.165, 1.54) is 18.4 Å². The summed E-state index contributed by atoms with van der Waals surface area (Å²) in [6, 6.07) is 8.43. The van der Waals surface area contributed by atoms with Crippen molar-refractivity contribution in [1.82, 2.24) is 10.2 Å². The SMILES string of the molecule is CN=C(NCc1ccc(N(C)C)cc1)N1CC(C)C(C(=O)OC)C1.I. The monoisotopic (exact) mass is 460 g/mol. The van der Waals surface area contributed by atoms with Crippen LogP contribution in [0.3, 0.4) is 0 Å². The fourth-order valence-corrected chi connectivity index (χ4v) is 3.02. The summed E-state index contributed by atoms with van der Waals surface area (Å²) >= 11 is 0. The number of ether oxygens (including phenoxy) is 1. The number of hydrogen-bond donors (Lipinski definition) is 1. The Morgan fingerprint density at radius 2 is 1.96 bits per heavy atom. The van der Waals surface area contributed by atoms with Crippen molar-refractivity contribution in [2.24, 2.45) is 16.8 Å². The van der Waals surface area contributed by atoms with Gasteiger partial charge in [0.05, 0.1) is 13.0 Å². The Morgan fingerprint density at radius 1 is 1.32 bits per heavy atom. The van der Waals surface area contributed by atoms with Crippen molar-refractivity contribution in [3.63, 3.8) is 0 Å². The predicted octanol–water partition coefficient (Wildman–Crippen LogP) is 2.19. The molecule has 1 N–H and O–H groups in total. The van der Waals surface area contributed by atoms with Crippen LogP contribution in [0, 0.1) is 11.8 Å². The van der Waals surface area contributed by atoms with E-state index in [2.05, 4.69) is 51.3 Å². The summed E-state index contributed by atoms with van der Waals surface area (Å²) in [4.78, 5) is 20.4. The van der Waals surface area contributed by atoms with Crippen molar-refractivity contribution in [2.45, 2.75) is 13.5 Å². The van der Waals surface area contributed by atoms with E-state index >= 15 is 0 Å². The standard InChI is InChI=1S/C18H28N4O2.HI/c1-13-11-22(12-16(13)17(23)24-5)18(19-2)20-10-14-6-8-15(9-7-14)21(3)4;/h6-9,13,16H,10-12H2,1-5H3,(H,19,20);1H. The van der Waals surface area contributed by atoms with Crippen LogP contribution >= 0.6 is 24.0 Å². The van der Waals surface area contributed by atoms with Crippen LogP contribution in [0.2, 0.25) is 0 Å². The number of esters is 1. The second-order valence-corrected chi connectivity index (χ2v) is 6.47. The normalized spacial score (nSPS) is 20.0. The zero-order chi connectivity index (χ0) is 17.7. The molecule has 1 aromatic carbocycles. The van der Waals surface area contributed by atoms with E-state index in [1.54, 1.807) is 7.05 Å². The van der Waals surface area contributed by atoms with E-state index in [9.17, 15) is 4.79 Å². The summed E-state index contributed by atoms with van der Waals surface area (Å²) in [5.41, 5.74) is 2.37. The number of carbonyl (C=O) groups excluding carboxylic acids is 1. The fraction of sp³-hybridized carbons (Fsp3) is 0.556. The van der Waals surface area contributed by atoms with Crippen molar-refractivity contribution < 1.29 is 9.53 Å². The van der Waals surface area contributed by atoms with Gasteiger partial charge in [-0.2, -0.15) is 0 Å². The average molecular weight is 460 g/mol. The third kappa shape index (κ3) is 5.49. The molecular formula is C18H29IN4O2. The minimum Gasteiger partial charge on any atom is -0.469 e. The van der Waals surface area contributed by atoms with Crippen LogP contribution in [0.5, 0.6) is 0 Å². The lowest BCUT2D eigenvalue weighted by Crippen LogP contribution is -2.40. The molecule has 140 valence electrons. The van der Waals surface area contributed by atoms with Crippen LogP contribution in [-0.2, 0) is 16.1 Å². The molecule has 0 aliphatic carbocycles. The Labute approximate surface area is 167 Å². The van der Waals surface area contributed by atoms with E-state index in [4.69, 9.17) is 4.74 Å². The first kappa shape index (κ1) is 21.5. The Hall–Kier alpha value is -1.51. The summed E-state index contributed by atoms with van der Waals surface area (Å²) in [6.45, 7) is 4.23. The Morgan fingerprint density at radius 3 is 2.48 bits per heavy atom. The first-order chi connectivity index (χ1) is 11.5. The van der Waals surface area contributed by atoms with Crippen LogP contribution in [0.25, 0.3) is 0 Å². The van der Waals surface area contributed by atoms with Gasteiger partial charge < -0.3 is 19.9 Å². The lowest BCUT2D eigenvalue weighted by Gasteiger charge is -2.21. The molecule has 2 rings (SSSR count). The van der Waals surface area contributed by atoms with E-state index < -0.39 is 0 Å². The highest BCUT2D eigenvalue weighted by molar-refractivity contribution is 14.0. The minimum absolute atomic E-state index is 0. The number of carbonyl (C=O) groups is 1. The van der Waals surface area contributed by atoms with Crippen molar-refractivity contribution in [3.8, 4) is 0 Å². The largest absolute Gasteiger partial charge is 0.469 e. The number of nitrogens with zero attached hydrogens (tertiary/aromatic N) is 3. The Balaban J connectivity index is 0.00000312. The summed E-state index contributed by atoms with van der Waals surface area (Å²) in [5, 5.41) is 3.38. The minimum atomic E-state index is -0.139. The van der Waals surface area contributed by atoms with Crippen LogP contribution < -0.4 is 10.2 Å². The molecule has 1 aliphatic rings. The second kappa shape index (κ2) is 9.84. The smallest absolute Gasteiger partial charge is 0.310 e. The van der Waals surface area contributed by atoms with Crippen LogP contribution in [0.4, 0.5) is 5.69 Å². The highest BCUT2D eigenvalue weighted by Crippen LogP contribution is 2.24. The molecule has 0 saturated carbocycles. The van der Waals surface area contributed by atoms with E-state index in [0.29, 0.717) is 13.1 Å². The maximum absolute atomic E-state index is 11.8. The molecule has 1 aliphatic heterocycles. The molecule has 1 saturated heterocycles. The van der Waals surface area contributed by atoms with Gasteiger partial charge in [0, 0.05) is 46.5 Å². The van der Waals surface area contributed by atoms with Gasteiger partial charge in [-0.25, -0.2) is 0 Å². The quantitative estimate of drug-likeness (QED) is 0.323. The van der Waals surface area contributed by atoms with Gasteiger partial charge in [-0.1, -0.05) is 19.1 Å². The number of aliphatic imine (C=N–C) groups is 1. The zero-order valence-corrected chi connectivity index (χ0v) is 18.0. The van der Waals surface area contributed by atoms with Crippen LogP contribution in [-0.4, -0.2) is 58.2 Å². The molecule has 25 heavy (non-hydrogen) atoms. The first-order valence-electron chi connectivity index (χ1n) is 8.26. The summed E-state index contributed by atoms with van der Waals surface area (Å²) in [7, 11) is 7.28. The number of anilines is 1. The third-order valence-electron chi connectivity index (χ3n) is 4.53. The first-order valence-corrected chi connectivity index (χ1v) is 8.26. The predicted molar refractivity (Wildman–Crippen MR) is 113 cm³/mol. The molecule has 1 fully saturated rings. The Kier molecular flexibility index (Phi) is 8.47. The topological polar surface area (TPSA) is 57.2 Å². The van der Waals surface area contributed by atoms with Gasteiger partial charge >= 0.3 is 5.97 Å². The summed E-state index contributed by atoms with van der Waals surface area (Å²) in [6.07, 6.45) is 0. The zero-order valence-electron chi connectivity index (χ0n) is 15.7. The number of nitrogens with one attached hydrogen (secondary N) is 1. The maximum Gasteiger partial charge on any atom is 0.310 e. The van der Waals surface area contributed by atoms with Crippen LogP contribution in [0.15, 0.2) is 29.3 Å². The number of hydrogen-bond acceptors (Lipinski definition) is 4. The summed E-state index contributed by atoms with van der Waals surface area (Å²) in [5.74, 6) is 0.855. The molecule has 7 heteroatoms. The molecule has 2 atom stereocenters. The van der Waals surface area contributed by atoms with Gasteiger partial charge in [-0.3, -0.25) is 9.79 Å². The molecule has 2 unspecified atom stereocenters. The molecule has 1 heterocycles. The maximum atomic E-state index is 11.8. The van der Waals surface area contributed by atoms with Crippen molar-refractivity contribution in [3.05, 3.63) is 29.8 Å². The Bertz CT molecular complexity index is 589. The molecule has 0 bridgehead atoms. The number of guanidine groups is 1. The van der Waals surface area contributed by atoms with Gasteiger partial charge in [-0.15, -0.1) is 24.0 Å². The van der Waals surface area contributed by atoms with E-state index in [-0.39, 0.29) is 41.8 Å². The number of rotatable bonds is 4. The van der Waals surface area contributed by atoms with Crippen molar-refractivity contribution in [1.29, 1.82) is 0 Å². The van der Waals surface area contributed by atoms with Gasteiger partial charge in [0.15, 0.2) is 5.96 Å². The average Bonchev–Trinajstić information content (AvgIpc) is 2.96. The van der Waals surface area contributed by atoms with Crippen molar-refractivity contribution >= 4 is 41.6 Å². The lowest BCUT2D eigenvalue weighted by atomic mass is 9.99. The van der Waals surface area contributed by atoms with Gasteiger partial charge in [0.1, 0.15) is 0 Å². The van der Waals surface area contributed by atoms with Gasteiger partial charge in [0.25, 0.3) is 0 Å². The van der Waals surface area contributed by atoms with Gasteiger partial charge in [-0.05, 0) is 23.6 Å². The number of benzene rings is 1. The van der Waals surface area contributed by atoms with E-state index in [1.807, 2.05) is 14.1 Å². The highest BCUT2D eigenvalue weighted by atomic mass is 127. The highest BCUT2D eigenvalue weighted by Gasteiger charge is 2.36. The van der Waals surface area contributed by atoms with E-state index in [0.717, 1.165) is 12.5 Å². The molecule has 0 amide bonds. The molecular weight excluding hydrogens is 431 g/mol. The van der Waals surface area contributed by atoms with Crippen LogP contribution in [0.1, 0.15) is 12.5 Å². The van der Waals surface area contributed by atoms with Crippen molar-refractivity contribution in [2.75, 3.05) is 46.2 Å². The number of methoxy groups -OCH3 is 1. The molecule has 0 radical (unpaired) electrons. The fourth-order valence-electron chi connectivity index (χ4n) is 3.02. The summed E-state index contributed by atoms with van der Waals surface area (Å²) < 4.78 is 4.90. The lowest BCUT2D eigenvalue weighted by molar-refractivity contribution is -0.145. The molecule has 1 aromatic rings.